The predicted octanol–water partition coefficient (Wildman–Crippen LogP) is 3.41. The average molecular weight is 440 g/mol. The van der Waals surface area contributed by atoms with Gasteiger partial charge >= 0.3 is 15.6 Å². The fourth-order valence-electron chi connectivity index (χ4n) is 3.88. The first kappa shape index (κ1) is 22.0. The van der Waals surface area contributed by atoms with Crippen molar-refractivity contribution in [3.8, 4) is 5.75 Å². The van der Waals surface area contributed by atoms with Crippen molar-refractivity contribution in [1.29, 1.82) is 0 Å². The lowest BCUT2D eigenvalue weighted by Crippen LogP contribution is -2.50. The van der Waals surface area contributed by atoms with Crippen LogP contribution in [0.4, 0.5) is 17.6 Å². The molecule has 0 N–H and O–H groups in total. The molecule has 0 spiro atoms. The maximum Gasteiger partial charge on any atom is 0.534 e. The van der Waals surface area contributed by atoms with E-state index in [0.717, 1.165) is 12.1 Å². The van der Waals surface area contributed by atoms with Crippen LogP contribution in [-0.4, -0.2) is 38.2 Å². The summed E-state index contributed by atoms with van der Waals surface area (Å²) in [6, 6.07) is 1.88. The van der Waals surface area contributed by atoms with E-state index in [4.69, 9.17) is 9.47 Å². The molecule has 6 nitrogen and oxygen atoms in total. The third-order valence-corrected chi connectivity index (χ3v) is 6.50. The van der Waals surface area contributed by atoms with Gasteiger partial charge in [-0.15, -0.1) is 0 Å². The minimum Gasteiger partial charge on any atom is -0.376 e. The van der Waals surface area contributed by atoms with Crippen molar-refractivity contribution in [1.82, 2.24) is 0 Å². The monoisotopic (exact) mass is 440 g/mol. The Balaban J connectivity index is 1.87. The molecule has 0 aromatic heterocycles. The van der Waals surface area contributed by atoms with Crippen molar-refractivity contribution in [2.45, 2.75) is 56.7 Å². The number of halogens is 4. The fraction of sp³-hybridized carbons (Fsp3) is 0.611. The van der Waals surface area contributed by atoms with Crippen molar-refractivity contribution in [3.05, 3.63) is 29.1 Å². The zero-order valence-electron chi connectivity index (χ0n) is 15.7. The van der Waals surface area contributed by atoms with E-state index >= 15 is 0 Å². The summed E-state index contributed by atoms with van der Waals surface area (Å²) in [7, 11) is -5.88. The molecule has 1 saturated heterocycles. The summed E-state index contributed by atoms with van der Waals surface area (Å²) in [5, 5.41) is 0. The molecule has 1 aromatic rings. The molecule has 11 heteroatoms. The molecule has 1 aliphatic heterocycles. The van der Waals surface area contributed by atoms with Crippen molar-refractivity contribution in [3.63, 3.8) is 0 Å². The molecule has 0 radical (unpaired) electrons. The summed E-state index contributed by atoms with van der Waals surface area (Å²) in [5.41, 5.74) is -6.52. The lowest BCUT2D eigenvalue weighted by Gasteiger charge is -2.40. The lowest BCUT2D eigenvalue weighted by atomic mass is 9.72. The topological polar surface area (TPSA) is 78.9 Å². The molecule has 162 valence electrons. The minimum absolute atomic E-state index is 0.00312. The van der Waals surface area contributed by atoms with E-state index in [2.05, 4.69) is 4.18 Å². The molecule has 3 rings (SSSR count). The lowest BCUT2D eigenvalue weighted by molar-refractivity contribution is -0.130. The van der Waals surface area contributed by atoms with Crippen LogP contribution in [0.2, 0.25) is 0 Å². The zero-order chi connectivity index (χ0) is 21.6. The molecule has 1 heterocycles. The zero-order valence-corrected chi connectivity index (χ0v) is 16.5. The number of hydrogen-bond acceptors (Lipinski definition) is 6. The maximum absolute atomic E-state index is 14.5. The van der Waals surface area contributed by atoms with Gasteiger partial charge in [-0.1, -0.05) is 6.92 Å². The fourth-order valence-corrected chi connectivity index (χ4v) is 4.39. The van der Waals surface area contributed by atoms with Gasteiger partial charge in [-0.05, 0) is 48.9 Å². The Bertz CT molecular complexity index is 914. The molecule has 1 saturated carbocycles. The van der Waals surface area contributed by atoms with Crippen molar-refractivity contribution < 1.29 is 44.4 Å². The number of ketones is 1. The predicted molar refractivity (Wildman–Crippen MR) is 92.0 cm³/mol. The Morgan fingerprint density at radius 1 is 1.34 bits per heavy atom. The van der Waals surface area contributed by atoms with Crippen LogP contribution in [0.25, 0.3) is 0 Å². The molecule has 0 amide bonds. The minimum atomic E-state index is -5.88. The maximum atomic E-state index is 14.5. The number of carbonyl (C=O) groups excluding carboxylic acids is 1. The molecule has 1 aliphatic carbocycles. The summed E-state index contributed by atoms with van der Waals surface area (Å²) in [5.74, 6) is -1.61. The Kier molecular flexibility index (Phi) is 5.69. The smallest absolute Gasteiger partial charge is 0.376 e. The highest BCUT2D eigenvalue weighted by Crippen LogP contribution is 2.44. The van der Waals surface area contributed by atoms with Crippen molar-refractivity contribution in [2.75, 3.05) is 6.79 Å². The van der Waals surface area contributed by atoms with Gasteiger partial charge in [0.15, 0.2) is 0 Å². The van der Waals surface area contributed by atoms with Crippen LogP contribution in [0.15, 0.2) is 12.1 Å². The quantitative estimate of drug-likeness (QED) is 0.397. The van der Waals surface area contributed by atoms with Crippen LogP contribution in [-0.2, 0) is 30.8 Å². The summed E-state index contributed by atoms with van der Waals surface area (Å²) in [6.45, 7) is 3.01. The highest BCUT2D eigenvalue weighted by Gasteiger charge is 2.52. The Morgan fingerprint density at radius 2 is 2.03 bits per heavy atom. The van der Waals surface area contributed by atoms with E-state index in [9.17, 15) is 30.8 Å². The number of carbonyl (C=O) groups is 1. The number of benzene rings is 1. The summed E-state index contributed by atoms with van der Waals surface area (Å²) in [4.78, 5) is 11.7. The third kappa shape index (κ3) is 4.13. The number of Topliss-reactive ketones (excluding diaryl/α,β-unsaturated/α-hetero) is 1. The highest BCUT2D eigenvalue weighted by atomic mass is 32.2. The summed E-state index contributed by atoms with van der Waals surface area (Å²) < 4.78 is 90.4. The highest BCUT2D eigenvalue weighted by molar-refractivity contribution is 7.88. The molecule has 2 fully saturated rings. The SMILES string of the molecule is Cc1cc(F)c(C[C@H](C)[C@]23CCC(=O)C[C@H]2OCO3)cc1OS(=O)(=O)C(F)(F)F. The van der Waals surface area contributed by atoms with Gasteiger partial charge in [-0.3, -0.25) is 4.79 Å². The van der Waals surface area contributed by atoms with Crippen LogP contribution in [0.3, 0.4) is 0 Å². The van der Waals surface area contributed by atoms with E-state index in [0.29, 0.717) is 12.8 Å². The Morgan fingerprint density at radius 3 is 2.69 bits per heavy atom. The van der Waals surface area contributed by atoms with Gasteiger partial charge in [-0.25, -0.2) is 4.39 Å². The van der Waals surface area contributed by atoms with E-state index in [-0.39, 0.29) is 42.5 Å². The van der Waals surface area contributed by atoms with Gasteiger partial charge in [0.2, 0.25) is 0 Å². The number of hydrogen-bond donors (Lipinski definition) is 0. The second-order valence-electron chi connectivity index (χ2n) is 7.41. The summed E-state index contributed by atoms with van der Waals surface area (Å²) in [6.07, 6.45) is 0.408. The first-order chi connectivity index (χ1) is 13.4. The summed E-state index contributed by atoms with van der Waals surface area (Å²) >= 11 is 0. The van der Waals surface area contributed by atoms with E-state index in [1.165, 1.54) is 6.92 Å². The van der Waals surface area contributed by atoms with Gasteiger partial charge in [0.1, 0.15) is 29.7 Å². The Labute approximate surface area is 165 Å². The second-order valence-corrected chi connectivity index (χ2v) is 8.95. The van der Waals surface area contributed by atoms with E-state index in [1.54, 1.807) is 6.92 Å². The van der Waals surface area contributed by atoms with Crippen molar-refractivity contribution in [2.24, 2.45) is 5.92 Å². The molecule has 2 aliphatic rings. The number of fused-ring (bicyclic) bond motifs is 1. The van der Waals surface area contributed by atoms with Crippen LogP contribution in [0.5, 0.6) is 5.75 Å². The van der Waals surface area contributed by atoms with Crippen LogP contribution in [0.1, 0.15) is 37.3 Å². The van der Waals surface area contributed by atoms with Crippen LogP contribution in [0, 0.1) is 18.7 Å². The molecular weight excluding hydrogens is 420 g/mol. The molecule has 0 unspecified atom stereocenters. The second kappa shape index (κ2) is 7.51. The molecule has 1 aromatic carbocycles. The van der Waals surface area contributed by atoms with Crippen molar-refractivity contribution >= 4 is 15.9 Å². The normalized spacial score (nSPS) is 26.3. The first-order valence-corrected chi connectivity index (χ1v) is 10.3. The van der Waals surface area contributed by atoms with Gasteiger partial charge in [0.05, 0.1) is 6.10 Å². The van der Waals surface area contributed by atoms with E-state index in [1.807, 2.05) is 0 Å². The third-order valence-electron chi connectivity index (χ3n) is 5.54. The van der Waals surface area contributed by atoms with Gasteiger partial charge in [0, 0.05) is 12.8 Å². The largest absolute Gasteiger partial charge is 0.534 e. The number of rotatable bonds is 5. The number of ether oxygens (including phenoxy) is 2. The van der Waals surface area contributed by atoms with Crippen LogP contribution < -0.4 is 4.18 Å². The molecule has 29 heavy (non-hydrogen) atoms. The first-order valence-electron chi connectivity index (χ1n) is 8.93. The van der Waals surface area contributed by atoms with Gasteiger partial charge < -0.3 is 13.7 Å². The van der Waals surface area contributed by atoms with Gasteiger partial charge in [0.25, 0.3) is 0 Å². The standard InChI is InChI=1S/C18H20F4O6S/c1-10-5-14(19)12(7-15(10)28-29(24,25)18(20,21)22)6-11(2)17-4-3-13(23)8-16(17)26-9-27-17/h5,7,11,16H,3-4,6,8-9H2,1-2H3/t11-,16+,17+/m0/s1. The Hall–Kier alpha value is -1.72. The molecule has 0 bridgehead atoms. The van der Waals surface area contributed by atoms with E-state index < -0.39 is 38.9 Å². The average Bonchev–Trinajstić information content (AvgIpc) is 3.02. The number of aryl methyl sites for hydroxylation is 1. The van der Waals surface area contributed by atoms with Crippen LogP contribution >= 0.6 is 0 Å². The van der Waals surface area contributed by atoms with Gasteiger partial charge in [-0.2, -0.15) is 21.6 Å². The number of alkyl halides is 3. The molecular formula is C18H20F4O6S. The molecule has 3 atom stereocenters.